The topological polar surface area (TPSA) is 122 Å². The Balaban J connectivity index is 1.86. The fraction of sp³-hybridized carbons (Fsp3) is 0.0769. The number of nitro benzene ring substituents is 1. The van der Waals surface area contributed by atoms with E-state index in [4.69, 9.17) is 9.15 Å². The number of nitriles is 1. The van der Waals surface area contributed by atoms with Gasteiger partial charge in [0.05, 0.1) is 11.5 Å². The average Bonchev–Trinajstić information content (AvgIpc) is 3.24. The minimum absolute atomic E-state index is 0.0342. The van der Waals surface area contributed by atoms with E-state index in [1.54, 1.807) is 6.92 Å². The van der Waals surface area contributed by atoms with Crippen molar-refractivity contribution in [2.24, 2.45) is 4.99 Å². The van der Waals surface area contributed by atoms with Gasteiger partial charge in [-0.15, -0.1) is 0 Å². The number of furan rings is 1. The number of phenolic OH excluding ortho intramolecular Hbond substituents is 1. The van der Waals surface area contributed by atoms with Crippen molar-refractivity contribution >= 4 is 17.8 Å². The molecule has 168 valence electrons. The van der Waals surface area contributed by atoms with E-state index in [2.05, 4.69) is 11.1 Å². The molecule has 0 radical (unpaired) electrons. The third-order valence-electron chi connectivity index (χ3n) is 5.00. The van der Waals surface area contributed by atoms with Crippen LogP contribution < -0.4 is 4.74 Å². The molecule has 0 unspecified atom stereocenters. The van der Waals surface area contributed by atoms with E-state index >= 15 is 0 Å². The quantitative estimate of drug-likeness (QED) is 0.200. The zero-order chi connectivity index (χ0) is 24.1. The van der Waals surface area contributed by atoms with Gasteiger partial charge in [0.15, 0.2) is 5.75 Å². The molecule has 34 heavy (non-hydrogen) atoms. The second kappa shape index (κ2) is 9.71. The van der Waals surface area contributed by atoms with E-state index in [1.807, 2.05) is 60.7 Å². The third-order valence-corrected chi connectivity index (χ3v) is 5.00. The maximum absolute atomic E-state index is 11.4. The SMILES string of the molecule is CCOc1cc(C=Nc2oc(-c3ccccc3)c(-c3ccccc3)c2C#N)cc([N+](=O)[O-])c1O. The molecule has 0 amide bonds. The normalized spacial score (nSPS) is 10.8. The number of benzene rings is 3. The van der Waals surface area contributed by atoms with E-state index in [0.29, 0.717) is 16.9 Å². The number of nitrogens with zero attached hydrogens (tertiary/aromatic N) is 3. The molecular formula is C26H19N3O5. The van der Waals surface area contributed by atoms with E-state index in [1.165, 1.54) is 18.3 Å². The summed E-state index contributed by atoms with van der Waals surface area (Å²) in [6.45, 7) is 1.91. The summed E-state index contributed by atoms with van der Waals surface area (Å²) in [6, 6.07) is 23.5. The van der Waals surface area contributed by atoms with Crippen molar-refractivity contribution in [3.8, 4) is 40.0 Å². The molecule has 8 heteroatoms. The van der Waals surface area contributed by atoms with E-state index in [-0.39, 0.29) is 23.8 Å². The molecule has 1 heterocycles. The third kappa shape index (κ3) is 4.36. The molecule has 0 saturated carbocycles. The summed E-state index contributed by atoms with van der Waals surface area (Å²) in [4.78, 5) is 15.0. The Bertz CT molecular complexity index is 1400. The summed E-state index contributed by atoms with van der Waals surface area (Å²) in [5.74, 6) is -0.0402. The van der Waals surface area contributed by atoms with E-state index in [0.717, 1.165) is 11.1 Å². The first kappa shape index (κ1) is 22.3. The van der Waals surface area contributed by atoms with Crippen LogP contribution in [0.1, 0.15) is 18.1 Å². The lowest BCUT2D eigenvalue weighted by Gasteiger charge is -2.07. The molecule has 8 nitrogen and oxygen atoms in total. The number of aromatic hydroxyl groups is 1. The van der Waals surface area contributed by atoms with Crippen molar-refractivity contribution in [3.05, 3.63) is 94.0 Å². The maximum Gasteiger partial charge on any atom is 0.315 e. The van der Waals surface area contributed by atoms with Gasteiger partial charge < -0.3 is 14.3 Å². The number of aliphatic imine (C=N–C) groups is 1. The Morgan fingerprint density at radius 2 is 1.76 bits per heavy atom. The second-order valence-corrected chi connectivity index (χ2v) is 7.17. The zero-order valence-corrected chi connectivity index (χ0v) is 18.1. The minimum Gasteiger partial charge on any atom is -0.500 e. The first-order valence-corrected chi connectivity index (χ1v) is 10.4. The highest BCUT2D eigenvalue weighted by atomic mass is 16.6. The highest BCUT2D eigenvalue weighted by Crippen LogP contribution is 2.42. The van der Waals surface area contributed by atoms with Crippen LogP contribution in [0.5, 0.6) is 11.5 Å². The molecule has 1 aromatic heterocycles. The lowest BCUT2D eigenvalue weighted by Crippen LogP contribution is -1.97. The van der Waals surface area contributed by atoms with Gasteiger partial charge in [0.1, 0.15) is 17.4 Å². The lowest BCUT2D eigenvalue weighted by molar-refractivity contribution is -0.386. The zero-order valence-electron chi connectivity index (χ0n) is 18.1. The van der Waals surface area contributed by atoms with Crippen LogP contribution >= 0.6 is 0 Å². The van der Waals surface area contributed by atoms with Crippen molar-refractivity contribution in [1.82, 2.24) is 0 Å². The van der Waals surface area contributed by atoms with Gasteiger partial charge in [0, 0.05) is 29.0 Å². The highest BCUT2D eigenvalue weighted by Gasteiger charge is 2.23. The first-order chi connectivity index (χ1) is 16.5. The molecule has 1 N–H and O–H groups in total. The Hall–Kier alpha value is -4.90. The lowest BCUT2D eigenvalue weighted by atomic mass is 9.98. The number of hydrogen-bond donors (Lipinski definition) is 1. The predicted molar refractivity (Wildman–Crippen MR) is 127 cm³/mol. The summed E-state index contributed by atoms with van der Waals surface area (Å²) in [5, 5.41) is 31.4. The molecule has 4 aromatic rings. The van der Waals surface area contributed by atoms with E-state index < -0.39 is 16.4 Å². The van der Waals surface area contributed by atoms with Crippen LogP contribution in [0.15, 0.2) is 82.2 Å². The molecule has 0 aliphatic rings. The minimum atomic E-state index is -0.705. The van der Waals surface area contributed by atoms with Gasteiger partial charge in [0.2, 0.25) is 11.6 Å². The Morgan fingerprint density at radius 1 is 1.12 bits per heavy atom. The van der Waals surface area contributed by atoms with Gasteiger partial charge in [-0.2, -0.15) is 5.26 Å². The average molecular weight is 453 g/mol. The summed E-state index contributed by atoms with van der Waals surface area (Å²) in [7, 11) is 0. The molecule has 3 aromatic carbocycles. The van der Waals surface area contributed by atoms with E-state index in [9.17, 15) is 20.5 Å². The van der Waals surface area contributed by atoms with Crippen molar-refractivity contribution in [1.29, 1.82) is 5.26 Å². The Kier molecular flexibility index (Phi) is 6.37. The Morgan fingerprint density at radius 3 is 2.35 bits per heavy atom. The first-order valence-electron chi connectivity index (χ1n) is 10.4. The molecule has 0 spiro atoms. The molecule has 0 fully saturated rings. The summed E-state index contributed by atoms with van der Waals surface area (Å²) in [6.07, 6.45) is 1.33. The van der Waals surface area contributed by atoms with Crippen LogP contribution in [0, 0.1) is 21.4 Å². The van der Waals surface area contributed by atoms with Crippen molar-refractivity contribution in [2.45, 2.75) is 6.92 Å². The number of rotatable bonds is 7. The van der Waals surface area contributed by atoms with Crippen molar-refractivity contribution in [3.63, 3.8) is 0 Å². The summed E-state index contributed by atoms with van der Waals surface area (Å²) in [5.41, 5.74) is 2.20. The highest BCUT2D eigenvalue weighted by molar-refractivity contribution is 5.90. The van der Waals surface area contributed by atoms with Gasteiger partial charge in [-0.05, 0) is 18.6 Å². The van der Waals surface area contributed by atoms with Gasteiger partial charge in [-0.3, -0.25) is 10.1 Å². The van der Waals surface area contributed by atoms with Crippen LogP contribution in [0.3, 0.4) is 0 Å². The largest absolute Gasteiger partial charge is 0.500 e. The van der Waals surface area contributed by atoms with Gasteiger partial charge in [-0.25, -0.2) is 4.99 Å². The van der Waals surface area contributed by atoms with Crippen molar-refractivity contribution < 1.29 is 19.2 Å². The molecule has 0 saturated heterocycles. The van der Waals surface area contributed by atoms with Gasteiger partial charge in [0.25, 0.3) is 0 Å². The van der Waals surface area contributed by atoms with Crippen LogP contribution in [0.25, 0.3) is 22.5 Å². The molecule has 0 bridgehead atoms. The monoisotopic (exact) mass is 453 g/mol. The number of nitro groups is 1. The molecule has 0 atom stereocenters. The number of hydrogen-bond acceptors (Lipinski definition) is 7. The van der Waals surface area contributed by atoms with Crippen molar-refractivity contribution in [2.75, 3.05) is 6.61 Å². The van der Waals surface area contributed by atoms with Gasteiger partial charge >= 0.3 is 5.69 Å². The molecule has 0 aliphatic carbocycles. The predicted octanol–water partition coefficient (Wildman–Crippen LogP) is 6.25. The number of ether oxygens (including phenoxy) is 1. The number of phenols is 1. The molecule has 0 aliphatic heterocycles. The van der Waals surface area contributed by atoms with Crippen LogP contribution in [0.2, 0.25) is 0 Å². The summed E-state index contributed by atoms with van der Waals surface area (Å²) < 4.78 is 11.4. The maximum atomic E-state index is 11.4. The standard InChI is InChI=1S/C26H19N3O5/c1-2-33-22-14-17(13-21(24(22)30)29(31)32)16-28-26-20(15-27)23(18-9-5-3-6-10-18)25(34-26)19-11-7-4-8-12-19/h3-14,16,30H,2H2,1H3. The van der Waals surface area contributed by atoms with Crippen LogP contribution in [0.4, 0.5) is 11.6 Å². The Labute approximate surface area is 195 Å². The van der Waals surface area contributed by atoms with Gasteiger partial charge in [-0.1, -0.05) is 60.7 Å². The fourth-order valence-electron chi connectivity index (χ4n) is 3.51. The summed E-state index contributed by atoms with van der Waals surface area (Å²) >= 11 is 0. The van der Waals surface area contributed by atoms with Crippen LogP contribution in [-0.4, -0.2) is 22.9 Å². The fourth-order valence-corrected chi connectivity index (χ4v) is 3.51. The molecule has 4 rings (SSSR count). The molecular weight excluding hydrogens is 434 g/mol. The second-order valence-electron chi connectivity index (χ2n) is 7.17. The smallest absolute Gasteiger partial charge is 0.315 e. The van der Waals surface area contributed by atoms with Crippen LogP contribution in [-0.2, 0) is 0 Å².